The summed E-state index contributed by atoms with van der Waals surface area (Å²) >= 11 is 0. The summed E-state index contributed by atoms with van der Waals surface area (Å²) in [5.74, 6) is -2.70. The Hall–Kier alpha value is -3.47. The molecule has 11 heteroatoms. The van der Waals surface area contributed by atoms with Crippen LogP contribution in [0, 0.1) is 6.92 Å². The summed E-state index contributed by atoms with van der Waals surface area (Å²) in [6, 6.07) is 12.2. The lowest BCUT2D eigenvalue weighted by Gasteiger charge is -2.28. The number of benzene rings is 1. The molecule has 3 heterocycles. The van der Waals surface area contributed by atoms with Gasteiger partial charge in [-0.05, 0) is 44.5 Å². The number of para-hydroxylation sites is 1. The van der Waals surface area contributed by atoms with E-state index < -0.39 is 12.1 Å². The normalized spacial score (nSPS) is 15.6. The number of rotatable bonds is 5. The van der Waals surface area contributed by atoms with E-state index in [9.17, 15) is 18.0 Å². The zero-order chi connectivity index (χ0) is 24.9. The summed E-state index contributed by atoms with van der Waals surface area (Å²) in [6.07, 6.45) is -1.44. The summed E-state index contributed by atoms with van der Waals surface area (Å²) in [4.78, 5) is 28.7. The monoisotopic (exact) mass is 477 g/mol. The molecular formula is C23H26F3N5O3. The highest BCUT2D eigenvalue weighted by Crippen LogP contribution is 2.22. The van der Waals surface area contributed by atoms with Crippen molar-refractivity contribution in [1.29, 1.82) is 0 Å². The van der Waals surface area contributed by atoms with Gasteiger partial charge in [-0.3, -0.25) is 4.79 Å². The maximum absolute atomic E-state index is 13.2. The van der Waals surface area contributed by atoms with Crippen LogP contribution in [0.5, 0.6) is 0 Å². The number of alkyl halides is 3. The smallest absolute Gasteiger partial charge is 0.475 e. The van der Waals surface area contributed by atoms with Crippen molar-refractivity contribution in [1.82, 2.24) is 25.0 Å². The molecule has 8 nitrogen and oxygen atoms in total. The van der Waals surface area contributed by atoms with Gasteiger partial charge in [0.05, 0.1) is 16.9 Å². The molecular weight excluding hydrogens is 451 g/mol. The standard InChI is InChI=1S/C21H25N5O.C2HF3O2/c1-3-11-25(18-9-10-22-14-18)21(27)16-12-19-15(2)24-26(20(19)23-13-16)17-7-5-4-6-8-17;3-2(4,5)1(6)7/h4-8,12-13,18,22H,3,9-11,14H2,1-2H3;(H,6,7). The molecule has 1 aromatic carbocycles. The van der Waals surface area contributed by atoms with Gasteiger partial charge in [0, 0.05) is 30.7 Å². The molecule has 4 rings (SSSR count). The number of aromatic nitrogens is 3. The van der Waals surface area contributed by atoms with Crippen LogP contribution < -0.4 is 5.32 Å². The fraction of sp³-hybridized carbons (Fsp3) is 0.391. The van der Waals surface area contributed by atoms with E-state index in [1.54, 1.807) is 6.20 Å². The number of hydrogen-bond donors (Lipinski definition) is 2. The number of halogens is 3. The Bertz CT molecular complexity index is 1140. The van der Waals surface area contributed by atoms with Crippen LogP contribution in [0.15, 0.2) is 42.6 Å². The molecule has 34 heavy (non-hydrogen) atoms. The lowest BCUT2D eigenvalue weighted by molar-refractivity contribution is -0.192. The van der Waals surface area contributed by atoms with E-state index in [1.165, 1.54) is 0 Å². The van der Waals surface area contributed by atoms with Gasteiger partial charge >= 0.3 is 12.1 Å². The van der Waals surface area contributed by atoms with Crippen LogP contribution in [0.4, 0.5) is 13.2 Å². The lowest BCUT2D eigenvalue weighted by Crippen LogP contribution is -2.42. The second kappa shape index (κ2) is 10.6. The maximum Gasteiger partial charge on any atom is 0.490 e. The van der Waals surface area contributed by atoms with Crippen LogP contribution in [0.3, 0.4) is 0 Å². The van der Waals surface area contributed by atoms with E-state index in [4.69, 9.17) is 9.90 Å². The number of amides is 1. The molecule has 3 aromatic rings. The first-order valence-corrected chi connectivity index (χ1v) is 10.9. The summed E-state index contributed by atoms with van der Waals surface area (Å²) in [5.41, 5.74) is 3.26. The first kappa shape index (κ1) is 25.2. The van der Waals surface area contributed by atoms with Crippen LogP contribution in [0.2, 0.25) is 0 Å². The van der Waals surface area contributed by atoms with Crippen molar-refractivity contribution in [3.05, 3.63) is 53.9 Å². The van der Waals surface area contributed by atoms with Crippen molar-refractivity contribution in [2.75, 3.05) is 19.6 Å². The highest BCUT2D eigenvalue weighted by molar-refractivity contribution is 5.97. The number of carboxylic acid groups (broad SMARTS) is 1. The van der Waals surface area contributed by atoms with Crippen LogP contribution in [0.25, 0.3) is 16.7 Å². The molecule has 1 unspecified atom stereocenters. The Balaban J connectivity index is 0.000000406. The molecule has 0 aliphatic carbocycles. The zero-order valence-electron chi connectivity index (χ0n) is 18.8. The first-order valence-electron chi connectivity index (χ1n) is 10.9. The van der Waals surface area contributed by atoms with E-state index in [1.807, 2.05) is 52.9 Å². The highest BCUT2D eigenvalue weighted by atomic mass is 19.4. The molecule has 1 atom stereocenters. The summed E-state index contributed by atoms with van der Waals surface area (Å²) in [6.45, 7) is 6.68. The van der Waals surface area contributed by atoms with Gasteiger partial charge < -0.3 is 15.3 Å². The van der Waals surface area contributed by atoms with Crippen LogP contribution >= 0.6 is 0 Å². The predicted octanol–water partition coefficient (Wildman–Crippen LogP) is 3.58. The summed E-state index contributed by atoms with van der Waals surface area (Å²) < 4.78 is 33.6. The van der Waals surface area contributed by atoms with Gasteiger partial charge in [0.2, 0.25) is 0 Å². The first-order chi connectivity index (χ1) is 16.1. The Kier molecular flexibility index (Phi) is 7.87. The zero-order valence-corrected chi connectivity index (χ0v) is 18.8. The minimum absolute atomic E-state index is 0.0619. The van der Waals surface area contributed by atoms with Gasteiger partial charge in [-0.25, -0.2) is 14.5 Å². The third-order valence-electron chi connectivity index (χ3n) is 5.40. The number of pyridine rings is 1. The molecule has 1 fully saturated rings. The Morgan fingerprint density at radius 1 is 1.26 bits per heavy atom. The number of aryl methyl sites for hydroxylation is 1. The van der Waals surface area contributed by atoms with Gasteiger partial charge in [0.1, 0.15) is 0 Å². The van der Waals surface area contributed by atoms with Crippen LogP contribution in [0.1, 0.15) is 35.8 Å². The molecule has 0 saturated carbocycles. The second-order valence-corrected chi connectivity index (χ2v) is 7.88. The predicted molar refractivity (Wildman–Crippen MR) is 120 cm³/mol. The number of nitrogens with one attached hydrogen (secondary N) is 1. The second-order valence-electron chi connectivity index (χ2n) is 7.88. The van der Waals surface area contributed by atoms with Crippen molar-refractivity contribution in [2.24, 2.45) is 0 Å². The van der Waals surface area contributed by atoms with Crippen LogP contribution in [-0.4, -0.2) is 68.5 Å². The van der Waals surface area contributed by atoms with Gasteiger partial charge in [-0.15, -0.1) is 0 Å². The number of carboxylic acids is 1. The van der Waals surface area contributed by atoms with Crippen molar-refractivity contribution < 1.29 is 27.9 Å². The fourth-order valence-electron chi connectivity index (χ4n) is 3.77. The number of aliphatic carboxylic acids is 1. The molecule has 0 spiro atoms. The van der Waals surface area contributed by atoms with Crippen molar-refractivity contribution in [2.45, 2.75) is 38.9 Å². The van der Waals surface area contributed by atoms with Crippen molar-refractivity contribution in [3.8, 4) is 5.69 Å². The number of fused-ring (bicyclic) bond motifs is 1. The van der Waals surface area contributed by atoms with Gasteiger partial charge in [-0.2, -0.15) is 18.3 Å². The third kappa shape index (κ3) is 5.71. The molecule has 0 radical (unpaired) electrons. The average molecular weight is 477 g/mol. The quantitative estimate of drug-likeness (QED) is 0.583. The third-order valence-corrected chi connectivity index (χ3v) is 5.40. The minimum Gasteiger partial charge on any atom is -0.475 e. The van der Waals surface area contributed by atoms with E-state index >= 15 is 0 Å². The van der Waals surface area contributed by atoms with E-state index in [-0.39, 0.29) is 11.9 Å². The van der Waals surface area contributed by atoms with E-state index in [0.29, 0.717) is 5.56 Å². The molecule has 2 N–H and O–H groups in total. The molecule has 1 aliphatic heterocycles. The van der Waals surface area contributed by atoms with Crippen LogP contribution in [-0.2, 0) is 4.79 Å². The lowest BCUT2D eigenvalue weighted by atomic mass is 10.1. The summed E-state index contributed by atoms with van der Waals surface area (Å²) in [5, 5.41) is 16.0. The molecule has 1 saturated heterocycles. The van der Waals surface area contributed by atoms with Crippen molar-refractivity contribution in [3.63, 3.8) is 0 Å². The number of nitrogens with zero attached hydrogens (tertiary/aromatic N) is 4. The molecule has 2 aromatic heterocycles. The van der Waals surface area contributed by atoms with Gasteiger partial charge in [0.15, 0.2) is 5.65 Å². The Morgan fingerprint density at radius 3 is 2.50 bits per heavy atom. The largest absolute Gasteiger partial charge is 0.490 e. The molecule has 1 amide bonds. The Morgan fingerprint density at radius 2 is 1.94 bits per heavy atom. The van der Waals surface area contributed by atoms with E-state index in [0.717, 1.165) is 54.9 Å². The molecule has 182 valence electrons. The highest BCUT2D eigenvalue weighted by Gasteiger charge is 2.38. The fourth-order valence-corrected chi connectivity index (χ4v) is 3.77. The summed E-state index contributed by atoms with van der Waals surface area (Å²) in [7, 11) is 0. The Labute approximate surface area is 194 Å². The topological polar surface area (TPSA) is 100 Å². The SMILES string of the molecule is CCCN(C(=O)c1cnc2c(c1)c(C)nn2-c1ccccc1)C1CCNC1.O=C(O)C(F)(F)F. The van der Waals surface area contributed by atoms with Gasteiger partial charge in [0.25, 0.3) is 5.91 Å². The van der Waals surface area contributed by atoms with E-state index in [2.05, 4.69) is 22.3 Å². The van der Waals surface area contributed by atoms with Gasteiger partial charge in [-0.1, -0.05) is 25.1 Å². The number of carbonyl (C=O) groups is 2. The number of hydrogen-bond acceptors (Lipinski definition) is 5. The maximum atomic E-state index is 13.2. The molecule has 0 bridgehead atoms. The van der Waals surface area contributed by atoms with Crippen molar-refractivity contribution >= 4 is 22.9 Å². The minimum atomic E-state index is -5.08. The average Bonchev–Trinajstić information content (AvgIpc) is 3.46. The molecule has 1 aliphatic rings. The number of carbonyl (C=O) groups excluding carboxylic acids is 1.